The molecule has 7 nitrogen and oxygen atoms in total. The normalized spacial score (nSPS) is 21.8. The molecule has 2 aromatic rings. The second kappa shape index (κ2) is 7.31. The van der Waals surface area contributed by atoms with Crippen molar-refractivity contribution in [3.05, 3.63) is 39.7 Å². The van der Waals surface area contributed by atoms with Gasteiger partial charge in [-0.15, -0.1) is 12.4 Å². The van der Waals surface area contributed by atoms with Crippen molar-refractivity contribution in [2.45, 2.75) is 31.0 Å². The topological polar surface area (TPSA) is 97.8 Å². The summed E-state index contributed by atoms with van der Waals surface area (Å²) < 4.78 is 36.9. The van der Waals surface area contributed by atoms with Crippen LogP contribution in [0.15, 0.2) is 17.1 Å². The largest absolute Gasteiger partial charge is 0.477 e. The Kier molecular flexibility index (Phi) is 5.35. The summed E-state index contributed by atoms with van der Waals surface area (Å²) in [6, 6.07) is 0.420. The Bertz CT molecular complexity index is 1010. The fourth-order valence-corrected chi connectivity index (χ4v) is 3.75. The minimum absolute atomic E-state index is 0. The highest BCUT2D eigenvalue weighted by atomic mass is 35.5. The minimum Gasteiger partial charge on any atom is -0.477 e. The van der Waals surface area contributed by atoms with Crippen molar-refractivity contribution in [1.82, 2.24) is 4.57 Å². The van der Waals surface area contributed by atoms with E-state index >= 15 is 4.39 Å². The standard InChI is InChI=1S/C18H19F2N3O4.ClH/c1-27-13-7-22(6-12(13)21)16-11(19)4-9-15(14(16)20)23(8-2-3-8)5-10(17(9)24)18(25)26;/h4-5,8,12-13H,2-3,6-7,21H2,1H3,(H,25,26);1H. The fourth-order valence-electron chi connectivity index (χ4n) is 3.75. The first kappa shape index (κ1) is 20.5. The van der Waals surface area contributed by atoms with Gasteiger partial charge in [0.25, 0.3) is 0 Å². The number of carboxylic acid groups (broad SMARTS) is 1. The number of carboxylic acids is 1. The molecule has 0 bridgehead atoms. The van der Waals surface area contributed by atoms with E-state index in [1.165, 1.54) is 16.6 Å². The number of nitrogens with two attached hydrogens (primary N) is 1. The van der Waals surface area contributed by atoms with E-state index in [0.29, 0.717) is 0 Å². The molecule has 2 atom stereocenters. The van der Waals surface area contributed by atoms with Crippen LogP contribution in [-0.4, -0.2) is 48.0 Å². The fraction of sp³-hybridized carbons (Fsp3) is 0.444. The molecule has 0 amide bonds. The summed E-state index contributed by atoms with van der Waals surface area (Å²) in [5.41, 5.74) is 4.23. The molecule has 4 rings (SSSR count). The lowest BCUT2D eigenvalue weighted by atomic mass is 10.1. The molecule has 0 spiro atoms. The zero-order valence-corrected chi connectivity index (χ0v) is 15.8. The highest BCUT2D eigenvalue weighted by Gasteiger charge is 2.35. The van der Waals surface area contributed by atoms with E-state index < -0.39 is 34.6 Å². The molecule has 3 N–H and O–H groups in total. The number of halogens is 3. The van der Waals surface area contributed by atoms with Gasteiger partial charge in [-0.25, -0.2) is 13.6 Å². The van der Waals surface area contributed by atoms with Gasteiger partial charge < -0.3 is 25.0 Å². The number of aromatic carboxylic acids is 1. The Balaban J connectivity index is 0.00000225. The van der Waals surface area contributed by atoms with Crippen molar-refractivity contribution < 1.29 is 23.4 Å². The number of hydrogen-bond donors (Lipinski definition) is 2. The zero-order chi connectivity index (χ0) is 19.5. The molecule has 1 aliphatic heterocycles. The minimum atomic E-state index is -1.42. The number of ether oxygens (including phenoxy) is 1. The van der Waals surface area contributed by atoms with Gasteiger partial charge in [-0.3, -0.25) is 4.79 Å². The Labute approximate surface area is 165 Å². The van der Waals surface area contributed by atoms with Crippen LogP contribution >= 0.6 is 12.4 Å². The maximum Gasteiger partial charge on any atom is 0.341 e. The van der Waals surface area contributed by atoms with Gasteiger partial charge in [0.05, 0.1) is 23.0 Å². The molecule has 152 valence electrons. The number of aromatic nitrogens is 1. The lowest BCUT2D eigenvalue weighted by Crippen LogP contribution is -2.34. The first-order valence-corrected chi connectivity index (χ1v) is 8.67. The van der Waals surface area contributed by atoms with E-state index in [1.807, 2.05) is 0 Å². The number of carbonyl (C=O) groups is 1. The number of pyridine rings is 1. The second-order valence-electron chi connectivity index (χ2n) is 7.08. The van der Waals surface area contributed by atoms with Crippen LogP contribution < -0.4 is 16.1 Å². The molecule has 2 fully saturated rings. The Morgan fingerprint density at radius 3 is 2.54 bits per heavy atom. The second-order valence-corrected chi connectivity index (χ2v) is 7.08. The summed E-state index contributed by atoms with van der Waals surface area (Å²) >= 11 is 0. The Morgan fingerprint density at radius 2 is 2.00 bits per heavy atom. The summed E-state index contributed by atoms with van der Waals surface area (Å²) in [5, 5.41) is 9.00. The van der Waals surface area contributed by atoms with Crippen molar-refractivity contribution in [2.75, 3.05) is 25.1 Å². The molecule has 28 heavy (non-hydrogen) atoms. The van der Waals surface area contributed by atoms with Crippen LogP contribution in [0.3, 0.4) is 0 Å². The lowest BCUT2D eigenvalue weighted by Gasteiger charge is -2.22. The van der Waals surface area contributed by atoms with Gasteiger partial charge in [-0.05, 0) is 18.9 Å². The molecule has 2 heterocycles. The predicted molar refractivity (Wildman–Crippen MR) is 102 cm³/mol. The third-order valence-electron chi connectivity index (χ3n) is 5.28. The molecule has 1 aromatic carbocycles. The number of anilines is 1. The van der Waals surface area contributed by atoms with E-state index in [1.54, 1.807) is 0 Å². The van der Waals surface area contributed by atoms with E-state index in [-0.39, 0.29) is 54.2 Å². The molecule has 10 heteroatoms. The van der Waals surface area contributed by atoms with Crippen LogP contribution in [0.2, 0.25) is 0 Å². The zero-order valence-electron chi connectivity index (χ0n) is 15.0. The van der Waals surface area contributed by atoms with Gasteiger partial charge in [0.1, 0.15) is 17.1 Å². The van der Waals surface area contributed by atoms with Crippen LogP contribution in [0.5, 0.6) is 0 Å². The number of nitrogens with zero attached hydrogens (tertiary/aromatic N) is 2. The first-order chi connectivity index (χ1) is 12.8. The first-order valence-electron chi connectivity index (χ1n) is 8.67. The molecule has 1 aliphatic carbocycles. The molecule has 1 aromatic heterocycles. The quantitative estimate of drug-likeness (QED) is 0.791. The average Bonchev–Trinajstić information content (AvgIpc) is 3.38. The molecular formula is C18H20ClF2N3O4. The van der Waals surface area contributed by atoms with E-state index in [4.69, 9.17) is 10.5 Å². The highest BCUT2D eigenvalue weighted by Crippen LogP contribution is 2.40. The molecule has 1 saturated heterocycles. The predicted octanol–water partition coefficient (Wildman–Crippen LogP) is 1.90. The van der Waals surface area contributed by atoms with E-state index in [9.17, 15) is 19.1 Å². The molecular weight excluding hydrogens is 396 g/mol. The number of rotatable bonds is 4. The maximum absolute atomic E-state index is 15.4. The number of hydrogen-bond acceptors (Lipinski definition) is 5. The van der Waals surface area contributed by atoms with Gasteiger partial charge in [0.15, 0.2) is 5.82 Å². The average molecular weight is 416 g/mol. The van der Waals surface area contributed by atoms with Crippen molar-refractivity contribution in [3.8, 4) is 0 Å². The SMILES string of the molecule is COC1CN(c2c(F)cc3c(=O)c(C(=O)O)cn(C4CC4)c3c2F)CC1N.Cl. The summed E-state index contributed by atoms with van der Waals surface area (Å²) in [5.74, 6) is -3.23. The molecule has 2 unspecified atom stereocenters. The lowest BCUT2D eigenvalue weighted by molar-refractivity contribution is 0.0694. The van der Waals surface area contributed by atoms with Gasteiger partial charge >= 0.3 is 5.97 Å². The van der Waals surface area contributed by atoms with Crippen LogP contribution in [-0.2, 0) is 4.74 Å². The summed E-state index contributed by atoms with van der Waals surface area (Å²) in [4.78, 5) is 25.3. The number of benzene rings is 1. The summed E-state index contributed by atoms with van der Waals surface area (Å²) in [6.45, 7) is 0.427. The smallest absolute Gasteiger partial charge is 0.341 e. The number of fused-ring (bicyclic) bond motifs is 1. The van der Waals surface area contributed by atoms with Crippen molar-refractivity contribution in [3.63, 3.8) is 0 Å². The van der Waals surface area contributed by atoms with Gasteiger partial charge in [0, 0.05) is 32.4 Å². The van der Waals surface area contributed by atoms with Gasteiger partial charge in [-0.2, -0.15) is 0 Å². The van der Waals surface area contributed by atoms with Crippen molar-refractivity contribution in [1.29, 1.82) is 0 Å². The van der Waals surface area contributed by atoms with Gasteiger partial charge in [0.2, 0.25) is 5.43 Å². The van der Waals surface area contributed by atoms with Gasteiger partial charge in [-0.1, -0.05) is 0 Å². The molecule has 1 saturated carbocycles. The Morgan fingerprint density at radius 1 is 1.32 bits per heavy atom. The summed E-state index contributed by atoms with van der Waals surface area (Å²) in [6.07, 6.45) is 2.27. The monoisotopic (exact) mass is 415 g/mol. The Hall–Kier alpha value is -2.23. The summed E-state index contributed by atoms with van der Waals surface area (Å²) in [7, 11) is 1.49. The van der Waals surface area contributed by atoms with Crippen molar-refractivity contribution in [2.24, 2.45) is 5.73 Å². The highest BCUT2D eigenvalue weighted by molar-refractivity contribution is 5.94. The number of methoxy groups -OCH3 is 1. The van der Waals surface area contributed by atoms with Crippen LogP contribution in [0.25, 0.3) is 10.9 Å². The molecule has 0 radical (unpaired) electrons. The maximum atomic E-state index is 15.4. The third-order valence-corrected chi connectivity index (χ3v) is 5.28. The third kappa shape index (κ3) is 3.13. The van der Waals surface area contributed by atoms with E-state index in [2.05, 4.69) is 0 Å². The molecule has 2 aliphatic rings. The van der Waals surface area contributed by atoms with E-state index in [0.717, 1.165) is 25.1 Å². The van der Waals surface area contributed by atoms with Crippen LogP contribution in [0.1, 0.15) is 29.2 Å². The van der Waals surface area contributed by atoms with Crippen LogP contribution in [0, 0.1) is 11.6 Å². The van der Waals surface area contributed by atoms with Crippen molar-refractivity contribution >= 4 is 35.0 Å². The van der Waals surface area contributed by atoms with Crippen LogP contribution in [0.4, 0.5) is 14.5 Å².